The van der Waals surface area contributed by atoms with E-state index in [-0.39, 0.29) is 31.0 Å². The van der Waals surface area contributed by atoms with Crippen molar-refractivity contribution in [3.05, 3.63) is 53.6 Å². The number of nitrogens with zero attached hydrogens (tertiary/aromatic N) is 1. The number of piperidine rings is 1. The van der Waals surface area contributed by atoms with Gasteiger partial charge < -0.3 is 20.9 Å². The van der Waals surface area contributed by atoms with Crippen molar-refractivity contribution >= 4 is 28.9 Å². The van der Waals surface area contributed by atoms with Crippen LogP contribution in [-0.4, -0.2) is 31.4 Å². The molecule has 2 saturated heterocycles. The van der Waals surface area contributed by atoms with E-state index in [4.69, 9.17) is 0 Å². The molecule has 2 amide bonds. The number of rotatable bonds is 6. The summed E-state index contributed by atoms with van der Waals surface area (Å²) in [5.74, 6) is -1.83. The molecule has 4 rings (SSSR count). The number of anilines is 3. The Morgan fingerprint density at radius 3 is 2.34 bits per heavy atom. The highest BCUT2D eigenvalue weighted by molar-refractivity contribution is 5.89. The molecule has 1 atom stereocenters. The number of benzene rings is 2. The summed E-state index contributed by atoms with van der Waals surface area (Å²) in [5, 5.41) is 8.12. The summed E-state index contributed by atoms with van der Waals surface area (Å²) in [6, 6.07) is 10.2. The van der Waals surface area contributed by atoms with Crippen molar-refractivity contribution in [2.45, 2.75) is 32.7 Å². The van der Waals surface area contributed by atoms with E-state index in [0.717, 1.165) is 30.4 Å². The van der Waals surface area contributed by atoms with Crippen LogP contribution in [0.25, 0.3) is 0 Å². The van der Waals surface area contributed by atoms with Crippen LogP contribution in [0, 0.1) is 23.5 Å². The number of halogens is 2. The second kappa shape index (κ2) is 9.54. The van der Waals surface area contributed by atoms with E-state index in [2.05, 4.69) is 27.8 Å². The maximum absolute atomic E-state index is 14.5. The highest BCUT2D eigenvalue weighted by atomic mass is 19.1. The van der Waals surface area contributed by atoms with Gasteiger partial charge in [-0.25, -0.2) is 8.78 Å². The van der Waals surface area contributed by atoms with Gasteiger partial charge in [-0.05, 0) is 55.2 Å². The molecule has 170 valence electrons. The van der Waals surface area contributed by atoms with E-state index in [1.807, 2.05) is 24.3 Å². The predicted octanol–water partition coefficient (Wildman–Crippen LogP) is 3.70. The third kappa shape index (κ3) is 5.18. The van der Waals surface area contributed by atoms with Crippen LogP contribution in [0.5, 0.6) is 0 Å². The lowest BCUT2D eigenvalue weighted by molar-refractivity contribution is -0.126. The maximum Gasteiger partial charge on any atom is 0.225 e. The van der Waals surface area contributed by atoms with Gasteiger partial charge in [0.15, 0.2) is 0 Å². The molecule has 0 bridgehead atoms. The molecule has 0 spiro atoms. The summed E-state index contributed by atoms with van der Waals surface area (Å²) < 4.78 is 29.1. The number of nitrogens with one attached hydrogen (secondary N) is 3. The minimum absolute atomic E-state index is 0.0926. The minimum atomic E-state index is -0.743. The van der Waals surface area contributed by atoms with E-state index in [1.54, 1.807) is 0 Å². The summed E-state index contributed by atoms with van der Waals surface area (Å²) in [6.45, 7) is 4.32. The Hall–Kier alpha value is -3.16. The van der Waals surface area contributed by atoms with E-state index >= 15 is 0 Å². The Morgan fingerprint density at radius 2 is 1.75 bits per heavy atom. The van der Waals surface area contributed by atoms with Gasteiger partial charge in [0.05, 0.1) is 5.92 Å². The van der Waals surface area contributed by atoms with Crippen LogP contribution in [0.3, 0.4) is 0 Å². The van der Waals surface area contributed by atoms with Crippen LogP contribution in [0.2, 0.25) is 0 Å². The molecule has 2 aliphatic rings. The average molecular weight is 443 g/mol. The summed E-state index contributed by atoms with van der Waals surface area (Å²) >= 11 is 0. The lowest BCUT2D eigenvalue weighted by atomic mass is 9.99. The molecule has 2 aliphatic heterocycles. The Bertz CT molecular complexity index is 965. The molecule has 3 N–H and O–H groups in total. The molecule has 32 heavy (non-hydrogen) atoms. The van der Waals surface area contributed by atoms with Crippen molar-refractivity contribution in [2.75, 3.05) is 29.9 Å². The van der Waals surface area contributed by atoms with Gasteiger partial charge in [-0.3, -0.25) is 9.59 Å². The Labute approximate surface area is 186 Å². The molecule has 0 aliphatic carbocycles. The van der Waals surface area contributed by atoms with Crippen LogP contribution in [0.1, 0.15) is 31.7 Å². The first-order valence-corrected chi connectivity index (χ1v) is 11.0. The Kier molecular flexibility index (Phi) is 6.58. The zero-order valence-electron chi connectivity index (χ0n) is 18.1. The number of carbonyl (C=O) groups is 2. The SMILES string of the molecule is CC1CCN(c2ccc(Nc3cc(F)c(CNC(=O)C4CNC(=O)C4)c(F)c3)cc2)CC1. The third-order valence-electron chi connectivity index (χ3n) is 6.23. The number of amides is 2. The van der Waals surface area contributed by atoms with Gasteiger partial charge in [-0.15, -0.1) is 0 Å². The molecule has 0 radical (unpaired) electrons. The van der Waals surface area contributed by atoms with Crippen LogP contribution in [0.15, 0.2) is 36.4 Å². The Morgan fingerprint density at radius 1 is 1.09 bits per heavy atom. The summed E-state index contributed by atoms with van der Waals surface area (Å²) in [5.41, 5.74) is 1.96. The van der Waals surface area contributed by atoms with Crippen molar-refractivity contribution < 1.29 is 18.4 Å². The van der Waals surface area contributed by atoms with Crippen molar-refractivity contribution in [1.29, 1.82) is 0 Å². The standard InChI is InChI=1S/C24H28F2N4O2/c1-15-6-8-30(9-7-15)19-4-2-17(3-5-19)29-18-11-21(25)20(22(26)12-18)14-28-24(32)16-10-23(31)27-13-16/h2-5,11-12,15-16,29H,6-10,13-14H2,1H3,(H,27,31)(H,28,32). The zero-order valence-corrected chi connectivity index (χ0v) is 18.1. The lowest BCUT2D eigenvalue weighted by Gasteiger charge is -2.32. The van der Waals surface area contributed by atoms with E-state index < -0.39 is 23.5 Å². The second-order valence-electron chi connectivity index (χ2n) is 8.68. The molecule has 2 aromatic carbocycles. The fourth-order valence-electron chi connectivity index (χ4n) is 4.14. The Balaban J connectivity index is 1.36. The molecule has 6 nitrogen and oxygen atoms in total. The van der Waals surface area contributed by atoms with Gasteiger partial charge in [0.25, 0.3) is 0 Å². The van der Waals surface area contributed by atoms with Gasteiger partial charge in [0, 0.05) is 55.2 Å². The topological polar surface area (TPSA) is 73.5 Å². The van der Waals surface area contributed by atoms with E-state index in [0.29, 0.717) is 5.69 Å². The van der Waals surface area contributed by atoms with Gasteiger partial charge in [-0.1, -0.05) is 6.92 Å². The minimum Gasteiger partial charge on any atom is -0.372 e. The first kappa shape index (κ1) is 22.0. The number of hydrogen-bond acceptors (Lipinski definition) is 4. The number of carbonyl (C=O) groups excluding carboxylic acids is 2. The molecule has 2 aromatic rings. The molecule has 1 unspecified atom stereocenters. The van der Waals surface area contributed by atoms with Crippen LogP contribution in [-0.2, 0) is 16.1 Å². The van der Waals surface area contributed by atoms with Crippen LogP contribution in [0.4, 0.5) is 25.8 Å². The molecule has 0 saturated carbocycles. The van der Waals surface area contributed by atoms with Crippen LogP contribution >= 0.6 is 0 Å². The van der Waals surface area contributed by atoms with E-state index in [1.165, 1.54) is 25.0 Å². The maximum atomic E-state index is 14.5. The quantitative estimate of drug-likeness (QED) is 0.638. The molecule has 0 aromatic heterocycles. The smallest absolute Gasteiger partial charge is 0.225 e. The number of hydrogen-bond donors (Lipinski definition) is 3. The predicted molar refractivity (Wildman–Crippen MR) is 120 cm³/mol. The lowest BCUT2D eigenvalue weighted by Crippen LogP contribution is -2.32. The largest absolute Gasteiger partial charge is 0.372 e. The highest BCUT2D eigenvalue weighted by Crippen LogP contribution is 2.27. The fourth-order valence-corrected chi connectivity index (χ4v) is 4.14. The zero-order chi connectivity index (χ0) is 22.7. The third-order valence-corrected chi connectivity index (χ3v) is 6.23. The van der Waals surface area contributed by atoms with Gasteiger partial charge in [0.1, 0.15) is 11.6 Å². The normalized spacial score (nSPS) is 19.0. The molecular weight excluding hydrogens is 414 g/mol. The summed E-state index contributed by atoms with van der Waals surface area (Å²) in [4.78, 5) is 25.7. The van der Waals surface area contributed by atoms with Crippen molar-refractivity contribution in [3.63, 3.8) is 0 Å². The van der Waals surface area contributed by atoms with Gasteiger partial charge in [0.2, 0.25) is 11.8 Å². The highest BCUT2D eigenvalue weighted by Gasteiger charge is 2.28. The molecule has 2 heterocycles. The van der Waals surface area contributed by atoms with E-state index in [9.17, 15) is 18.4 Å². The van der Waals surface area contributed by atoms with Crippen molar-refractivity contribution in [2.24, 2.45) is 11.8 Å². The summed E-state index contributed by atoms with van der Waals surface area (Å²) in [6.07, 6.45) is 2.46. The van der Waals surface area contributed by atoms with Gasteiger partial charge >= 0.3 is 0 Å². The molecule has 2 fully saturated rings. The van der Waals surface area contributed by atoms with Gasteiger partial charge in [-0.2, -0.15) is 0 Å². The van der Waals surface area contributed by atoms with Crippen molar-refractivity contribution in [3.8, 4) is 0 Å². The summed E-state index contributed by atoms with van der Waals surface area (Å²) in [7, 11) is 0. The first-order chi connectivity index (χ1) is 15.4. The first-order valence-electron chi connectivity index (χ1n) is 11.0. The average Bonchev–Trinajstić information content (AvgIpc) is 3.21. The van der Waals surface area contributed by atoms with Crippen molar-refractivity contribution in [1.82, 2.24) is 10.6 Å². The fraction of sp³-hybridized carbons (Fsp3) is 0.417. The second-order valence-corrected chi connectivity index (χ2v) is 8.68. The monoisotopic (exact) mass is 442 g/mol. The molecule has 8 heteroatoms. The van der Waals surface area contributed by atoms with Crippen LogP contribution < -0.4 is 20.9 Å². The molecular formula is C24H28F2N4O2.